The topological polar surface area (TPSA) is 70.0 Å². The van der Waals surface area contributed by atoms with E-state index in [2.05, 4.69) is 40.1 Å². The average molecular weight is 390 g/mol. The van der Waals surface area contributed by atoms with Gasteiger partial charge in [0.15, 0.2) is 5.65 Å². The summed E-state index contributed by atoms with van der Waals surface area (Å²) < 4.78 is 30.7. The van der Waals surface area contributed by atoms with Gasteiger partial charge in [0.25, 0.3) is 0 Å². The Morgan fingerprint density at radius 1 is 1.37 bits per heavy atom. The molecule has 2 aliphatic rings. The highest BCUT2D eigenvalue weighted by Gasteiger charge is 2.41. The highest BCUT2D eigenvalue weighted by atomic mass is 32.2. The van der Waals surface area contributed by atoms with E-state index in [1.807, 2.05) is 11.3 Å². The van der Waals surface area contributed by atoms with Crippen molar-refractivity contribution in [2.75, 3.05) is 31.6 Å². The van der Waals surface area contributed by atoms with Gasteiger partial charge < -0.3 is 9.80 Å². The molecule has 7 nitrogen and oxygen atoms in total. The molecule has 0 aromatic carbocycles. The minimum atomic E-state index is -3.61. The van der Waals surface area contributed by atoms with E-state index < -0.39 is 10.0 Å². The maximum Gasteiger partial charge on any atom is 0.242 e. The van der Waals surface area contributed by atoms with Crippen LogP contribution in [0.4, 0.5) is 5.69 Å². The molecule has 0 bridgehead atoms. The number of rotatable bonds is 5. The summed E-state index contributed by atoms with van der Waals surface area (Å²) in [7, 11) is -1.49. The van der Waals surface area contributed by atoms with E-state index in [9.17, 15) is 8.42 Å². The number of nitrogens with zero attached hydrogens (tertiary/aromatic N) is 4. The monoisotopic (exact) mass is 389 g/mol. The molecule has 1 saturated carbocycles. The summed E-state index contributed by atoms with van der Waals surface area (Å²) in [6.45, 7) is 10.5. The quantitative estimate of drug-likeness (QED) is 0.846. The molecule has 0 spiro atoms. The Balaban J connectivity index is 1.82. The van der Waals surface area contributed by atoms with Gasteiger partial charge >= 0.3 is 0 Å². The summed E-state index contributed by atoms with van der Waals surface area (Å²) >= 11 is 0. The summed E-state index contributed by atoms with van der Waals surface area (Å²) in [5, 5.41) is 0. The molecule has 8 heteroatoms. The Kier molecular flexibility index (Phi) is 4.32. The first-order chi connectivity index (χ1) is 12.7. The van der Waals surface area contributed by atoms with Gasteiger partial charge in [-0.3, -0.25) is 4.40 Å². The fraction of sp³-hybridized carbons (Fsp3) is 0.526. The predicted molar refractivity (Wildman–Crippen MR) is 108 cm³/mol. The van der Waals surface area contributed by atoms with Gasteiger partial charge in [0.05, 0.1) is 17.6 Å². The standard InChI is InChI=1S/C19H27N5O2S/c1-5-15-11-20-18-17(23-9-8-22(4)14(2)12-23)10-16(13-24(15)18)27(25,26)21-19(3)6-7-19/h5,10-11,13-14,21H,1,6-9,12H2,2-4H3. The van der Waals surface area contributed by atoms with Crippen LogP contribution in [-0.4, -0.2) is 61.0 Å². The van der Waals surface area contributed by atoms with Crippen LogP contribution in [-0.2, 0) is 10.0 Å². The second kappa shape index (κ2) is 6.32. The molecular weight excluding hydrogens is 362 g/mol. The van der Waals surface area contributed by atoms with E-state index in [0.717, 1.165) is 49.5 Å². The van der Waals surface area contributed by atoms with Gasteiger partial charge in [0, 0.05) is 37.4 Å². The highest BCUT2D eigenvalue weighted by Crippen LogP contribution is 2.36. The minimum Gasteiger partial charge on any atom is -0.366 e. The van der Waals surface area contributed by atoms with Crippen molar-refractivity contribution >= 4 is 27.4 Å². The van der Waals surface area contributed by atoms with Crippen LogP contribution >= 0.6 is 0 Å². The van der Waals surface area contributed by atoms with E-state index in [0.29, 0.717) is 6.04 Å². The second-order valence-corrected chi connectivity index (χ2v) is 9.77. The van der Waals surface area contributed by atoms with Crippen LogP contribution in [0, 0.1) is 0 Å². The Morgan fingerprint density at radius 3 is 2.74 bits per heavy atom. The first-order valence-electron chi connectivity index (χ1n) is 9.35. The molecule has 1 aliphatic heterocycles. The number of pyridine rings is 1. The lowest BCUT2D eigenvalue weighted by molar-refractivity contribution is 0.234. The fourth-order valence-electron chi connectivity index (χ4n) is 3.53. The molecule has 1 N–H and O–H groups in total. The fourth-order valence-corrected chi connectivity index (χ4v) is 5.02. The average Bonchev–Trinajstić information content (AvgIpc) is 3.18. The normalized spacial score (nSPS) is 22.9. The zero-order valence-electron chi connectivity index (χ0n) is 16.1. The second-order valence-electron chi connectivity index (χ2n) is 8.08. The smallest absolute Gasteiger partial charge is 0.242 e. The Bertz CT molecular complexity index is 993. The predicted octanol–water partition coefficient (Wildman–Crippen LogP) is 1.95. The molecule has 2 aromatic rings. The zero-order chi connectivity index (χ0) is 19.4. The number of aromatic nitrogens is 2. The van der Waals surface area contributed by atoms with Crippen molar-refractivity contribution in [3.8, 4) is 0 Å². The number of fused-ring (bicyclic) bond motifs is 1. The molecular formula is C19H27N5O2S. The lowest BCUT2D eigenvalue weighted by atomic mass is 10.2. The van der Waals surface area contributed by atoms with E-state index in [4.69, 9.17) is 0 Å². The molecule has 0 amide bonds. The Hall–Kier alpha value is -1.90. The lowest BCUT2D eigenvalue weighted by Gasteiger charge is -2.39. The van der Waals surface area contributed by atoms with Crippen LogP contribution in [0.25, 0.3) is 11.7 Å². The number of imidazole rings is 1. The summed E-state index contributed by atoms with van der Waals surface area (Å²) in [5.74, 6) is 0. The molecule has 2 aromatic heterocycles. The number of nitrogens with one attached hydrogen (secondary N) is 1. The van der Waals surface area contributed by atoms with E-state index in [1.165, 1.54) is 0 Å². The van der Waals surface area contributed by atoms with Gasteiger partial charge in [-0.25, -0.2) is 18.1 Å². The number of sulfonamides is 1. The van der Waals surface area contributed by atoms with Crippen LogP contribution in [0.2, 0.25) is 0 Å². The van der Waals surface area contributed by atoms with Gasteiger partial charge in [-0.1, -0.05) is 6.58 Å². The van der Waals surface area contributed by atoms with E-state index in [-0.39, 0.29) is 10.4 Å². The van der Waals surface area contributed by atoms with Crippen LogP contribution in [0.15, 0.2) is 29.9 Å². The summed E-state index contributed by atoms with van der Waals surface area (Å²) in [6.07, 6.45) is 6.83. The molecule has 3 heterocycles. The molecule has 27 heavy (non-hydrogen) atoms. The van der Waals surface area contributed by atoms with Crippen molar-refractivity contribution in [3.05, 3.63) is 30.7 Å². The molecule has 4 rings (SSSR count). The molecule has 1 atom stereocenters. The van der Waals surface area contributed by atoms with Crippen LogP contribution in [0.5, 0.6) is 0 Å². The van der Waals surface area contributed by atoms with Gasteiger partial charge in [0.2, 0.25) is 10.0 Å². The number of likely N-dealkylation sites (N-methyl/N-ethyl adjacent to an activating group) is 1. The van der Waals surface area contributed by atoms with Gasteiger partial charge in [0.1, 0.15) is 4.90 Å². The van der Waals surface area contributed by atoms with Gasteiger partial charge in [-0.15, -0.1) is 0 Å². The molecule has 1 saturated heterocycles. The highest BCUT2D eigenvalue weighted by molar-refractivity contribution is 7.89. The first-order valence-corrected chi connectivity index (χ1v) is 10.8. The SMILES string of the molecule is C=Cc1cnc2c(N3CCN(C)C(C)C3)cc(S(=O)(=O)NC3(C)CC3)cn12. The summed E-state index contributed by atoms with van der Waals surface area (Å²) in [5.41, 5.74) is 2.08. The van der Waals surface area contributed by atoms with Crippen LogP contribution < -0.4 is 9.62 Å². The third kappa shape index (κ3) is 3.37. The van der Waals surface area contributed by atoms with Crippen molar-refractivity contribution in [1.29, 1.82) is 0 Å². The third-order valence-electron chi connectivity index (χ3n) is 5.79. The van der Waals surface area contributed by atoms with Crippen molar-refractivity contribution in [3.63, 3.8) is 0 Å². The van der Waals surface area contributed by atoms with E-state index >= 15 is 0 Å². The lowest BCUT2D eigenvalue weighted by Crippen LogP contribution is -2.50. The number of anilines is 1. The number of piperazine rings is 1. The van der Waals surface area contributed by atoms with Crippen molar-refractivity contribution in [2.24, 2.45) is 0 Å². The van der Waals surface area contributed by atoms with Crippen molar-refractivity contribution < 1.29 is 8.42 Å². The van der Waals surface area contributed by atoms with Crippen molar-refractivity contribution in [2.45, 2.75) is 43.2 Å². The maximum atomic E-state index is 13.0. The zero-order valence-corrected chi connectivity index (χ0v) is 17.0. The van der Waals surface area contributed by atoms with Crippen molar-refractivity contribution in [1.82, 2.24) is 19.0 Å². The van der Waals surface area contributed by atoms with Gasteiger partial charge in [-0.2, -0.15) is 0 Å². The molecule has 1 unspecified atom stereocenters. The summed E-state index contributed by atoms with van der Waals surface area (Å²) in [4.78, 5) is 9.35. The van der Waals surface area contributed by atoms with E-state index in [1.54, 1.807) is 24.5 Å². The molecule has 2 fully saturated rings. The molecule has 146 valence electrons. The van der Waals surface area contributed by atoms with Crippen LogP contribution in [0.1, 0.15) is 32.4 Å². The third-order valence-corrected chi connectivity index (χ3v) is 7.40. The molecule has 1 aliphatic carbocycles. The maximum absolute atomic E-state index is 13.0. The minimum absolute atomic E-state index is 0.269. The van der Waals surface area contributed by atoms with Gasteiger partial charge in [-0.05, 0) is 45.9 Å². The molecule has 0 radical (unpaired) electrons. The Labute approximate surface area is 160 Å². The largest absolute Gasteiger partial charge is 0.366 e. The Morgan fingerprint density at radius 2 is 2.11 bits per heavy atom. The number of hydrogen-bond donors (Lipinski definition) is 1. The summed E-state index contributed by atoms with van der Waals surface area (Å²) in [6, 6.07) is 2.15. The number of hydrogen-bond acceptors (Lipinski definition) is 5. The first kappa shape index (κ1) is 18.5. The van der Waals surface area contributed by atoms with Crippen LogP contribution in [0.3, 0.4) is 0 Å².